The van der Waals surface area contributed by atoms with Crippen LogP contribution in [0.15, 0.2) is 12.3 Å². The summed E-state index contributed by atoms with van der Waals surface area (Å²) in [5.74, 6) is -0.0550. The molecule has 1 saturated heterocycles. The van der Waals surface area contributed by atoms with Crippen LogP contribution in [0.5, 0.6) is 0 Å². The van der Waals surface area contributed by atoms with Crippen LogP contribution < -0.4 is 0 Å². The van der Waals surface area contributed by atoms with Crippen LogP contribution in [-0.2, 0) is 20.0 Å². The molecule has 1 amide bonds. The standard InChI is InChI=1S/C15H22N2O3S2/c1-11-10-22(19,20)8-7-17(11)13(18)6-5-12-9-16-14(21-12)15(2,3)4/h5-6,9,11H,7-8,10H2,1-4H3/b6-5-/t11-/m0/s1. The molecule has 2 heterocycles. The molecule has 1 aliphatic heterocycles. The third-order valence-electron chi connectivity index (χ3n) is 3.51. The van der Waals surface area contributed by atoms with Crippen molar-refractivity contribution < 1.29 is 13.2 Å². The lowest BCUT2D eigenvalue weighted by molar-refractivity contribution is -0.127. The van der Waals surface area contributed by atoms with Crippen molar-refractivity contribution in [3.63, 3.8) is 0 Å². The molecule has 5 nitrogen and oxygen atoms in total. The molecule has 0 unspecified atom stereocenters. The van der Waals surface area contributed by atoms with E-state index in [9.17, 15) is 13.2 Å². The molecule has 1 atom stereocenters. The van der Waals surface area contributed by atoms with Crippen LogP contribution in [-0.4, -0.2) is 48.3 Å². The molecule has 0 bridgehead atoms. The summed E-state index contributed by atoms with van der Waals surface area (Å²) in [6, 6.07) is -0.275. The molecule has 0 aromatic carbocycles. The van der Waals surface area contributed by atoms with Crippen LogP contribution in [0, 0.1) is 0 Å². The zero-order valence-corrected chi connectivity index (χ0v) is 15.0. The Balaban J connectivity index is 2.04. The number of carbonyl (C=O) groups excluding carboxylic acids is 1. The number of nitrogens with zero attached hydrogens (tertiary/aromatic N) is 2. The van der Waals surface area contributed by atoms with Gasteiger partial charge in [0.1, 0.15) is 0 Å². The van der Waals surface area contributed by atoms with Gasteiger partial charge in [0.05, 0.1) is 16.5 Å². The van der Waals surface area contributed by atoms with Crippen molar-refractivity contribution in [2.45, 2.75) is 39.2 Å². The van der Waals surface area contributed by atoms with Crippen LogP contribution in [0.4, 0.5) is 0 Å². The van der Waals surface area contributed by atoms with Crippen LogP contribution in [0.3, 0.4) is 0 Å². The van der Waals surface area contributed by atoms with E-state index in [4.69, 9.17) is 0 Å². The number of sulfone groups is 1. The van der Waals surface area contributed by atoms with E-state index in [0.29, 0.717) is 0 Å². The summed E-state index contributed by atoms with van der Waals surface area (Å²) in [5.41, 5.74) is -0.00346. The highest BCUT2D eigenvalue weighted by Crippen LogP contribution is 2.27. The molecule has 1 aromatic heterocycles. The van der Waals surface area contributed by atoms with Gasteiger partial charge in [-0.1, -0.05) is 20.8 Å². The highest BCUT2D eigenvalue weighted by molar-refractivity contribution is 7.91. The maximum Gasteiger partial charge on any atom is 0.246 e. The molecular weight excluding hydrogens is 320 g/mol. The first kappa shape index (κ1) is 17.1. The van der Waals surface area contributed by atoms with Crippen molar-refractivity contribution in [1.29, 1.82) is 0 Å². The number of hydrogen-bond donors (Lipinski definition) is 0. The van der Waals surface area contributed by atoms with Gasteiger partial charge in [0.15, 0.2) is 9.84 Å². The van der Waals surface area contributed by atoms with Gasteiger partial charge in [-0.15, -0.1) is 11.3 Å². The van der Waals surface area contributed by atoms with Crippen molar-refractivity contribution in [1.82, 2.24) is 9.88 Å². The van der Waals surface area contributed by atoms with E-state index in [1.807, 2.05) is 0 Å². The van der Waals surface area contributed by atoms with Gasteiger partial charge in [0.25, 0.3) is 0 Å². The molecule has 1 aliphatic rings. The maximum absolute atomic E-state index is 12.2. The Bertz CT molecular complexity index is 684. The van der Waals surface area contributed by atoms with Crippen LogP contribution in [0.1, 0.15) is 37.6 Å². The van der Waals surface area contributed by atoms with E-state index in [-0.39, 0.29) is 35.4 Å². The first-order valence-corrected chi connectivity index (χ1v) is 9.88. The molecule has 0 saturated carbocycles. The van der Waals surface area contributed by atoms with Gasteiger partial charge >= 0.3 is 0 Å². The molecule has 7 heteroatoms. The van der Waals surface area contributed by atoms with Gasteiger partial charge in [0, 0.05) is 35.2 Å². The van der Waals surface area contributed by atoms with Gasteiger partial charge < -0.3 is 4.90 Å². The molecule has 1 fully saturated rings. The Hall–Kier alpha value is -1.21. The number of rotatable bonds is 2. The van der Waals surface area contributed by atoms with E-state index >= 15 is 0 Å². The normalized spacial score (nSPS) is 22.2. The lowest BCUT2D eigenvalue weighted by atomic mass is 9.98. The van der Waals surface area contributed by atoms with Gasteiger partial charge in [-0.25, -0.2) is 13.4 Å². The summed E-state index contributed by atoms with van der Waals surface area (Å²) in [6.45, 7) is 8.33. The smallest absolute Gasteiger partial charge is 0.246 e. The monoisotopic (exact) mass is 342 g/mol. The molecule has 0 N–H and O–H groups in total. The third kappa shape index (κ3) is 4.16. The van der Waals surface area contributed by atoms with Crippen molar-refractivity contribution >= 4 is 33.2 Å². The molecule has 0 spiro atoms. The van der Waals surface area contributed by atoms with Crippen LogP contribution in [0.25, 0.3) is 6.08 Å². The van der Waals surface area contributed by atoms with Crippen LogP contribution >= 0.6 is 11.3 Å². The SMILES string of the molecule is C[C@H]1CS(=O)(=O)CCN1C(=O)/C=C\c1cnc(C(C)(C)C)s1. The fourth-order valence-electron chi connectivity index (χ4n) is 2.29. The van der Waals surface area contributed by atoms with Crippen LogP contribution in [0.2, 0.25) is 0 Å². The molecule has 122 valence electrons. The summed E-state index contributed by atoms with van der Waals surface area (Å²) >= 11 is 1.56. The number of thiazole rings is 1. The Labute approximate surface area is 136 Å². The number of amides is 1. The zero-order chi connectivity index (χ0) is 16.5. The predicted molar refractivity (Wildman–Crippen MR) is 89.7 cm³/mol. The van der Waals surface area contributed by atoms with Crippen molar-refractivity contribution in [3.05, 3.63) is 22.2 Å². The molecule has 2 rings (SSSR count). The first-order chi connectivity index (χ1) is 10.1. The Morgan fingerprint density at radius 1 is 1.45 bits per heavy atom. The Morgan fingerprint density at radius 2 is 2.14 bits per heavy atom. The highest BCUT2D eigenvalue weighted by atomic mass is 32.2. The molecule has 1 aromatic rings. The van der Waals surface area contributed by atoms with Gasteiger partial charge in [0.2, 0.25) is 5.91 Å². The minimum Gasteiger partial charge on any atom is -0.334 e. The largest absolute Gasteiger partial charge is 0.334 e. The second kappa shape index (κ2) is 6.12. The minimum atomic E-state index is -3.00. The number of hydrogen-bond acceptors (Lipinski definition) is 5. The highest BCUT2D eigenvalue weighted by Gasteiger charge is 2.30. The van der Waals surface area contributed by atoms with Crippen molar-refractivity contribution in [2.24, 2.45) is 0 Å². The third-order valence-corrected chi connectivity index (χ3v) is 6.69. The topological polar surface area (TPSA) is 67.3 Å². The van der Waals surface area contributed by atoms with E-state index < -0.39 is 9.84 Å². The molecule has 0 radical (unpaired) electrons. The van der Waals surface area contributed by atoms with E-state index in [1.54, 1.807) is 35.4 Å². The van der Waals surface area contributed by atoms with E-state index in [1.165, 1.54) is 6.08 Å². The van der Waals surface area contributed by atoms with Gasteiger partial charge in [-0.05, 0) is 13.0 Å². The Kier molecular flexibility index (Phi) is 4.77. The van der Waals surface area contributed by atoms with E-state index in [2.05, 4.69) is 25.8 Å². The summed E-state index contributed by atoms with van der Waals surface area (Å²) in [6.07, 6.45) is 5.03. The first-order valence-electron chi connectivity index (χ1n) is 7.24. The van der Waals surface area contributed by atoms with E-state index in [0.717, 1.165) is 9.88 Å². The maximum atomic E-state index is 12.2. The average molecular weight is 342 g/mol. The second-order valence-electron chi connectivity index (χ2n) is 6.65. The second-order valence-corrected chi connectivity index (χ2v) is 9.94. The lowest BCUT2D eigenvalue weighted by Gasteiger charge is -2.32. The summed E-state index contributed by atoms with van der Waals surface area (Å²) in [7, 11) is -3.00. The fourth-order valence-corrected chi connectivity index (χ4v) is 4.72. The van der Waals surface area contributed by atoms with Gasteiger partial charge in [-0.2, -0.15) is 0 Å². The van der Waals surface area contributed by atoms with Gasteiger partial charge in [-0.3, -0.25) is 4.79 Å². The average Bonchev–Trinajstić information content (AvgIpc) is 2.83. The minimum absolute atomic E-state index is 0.00346. The lowest BCUT2D eigenvalue weighted by Crippen LogP contribution is -2.49. The fraction of sp³-hybridized carbons (Fsp3) is 0.600. The van der Waals surface area contributed by atoms with Crippen molar-refractivity contribution in [2.75, 3.05) is 18.1 Å². The number of carbonyl (C=O) groups is 1. The zero-order valence-electron chi connectivity index (χ0n) is 13.4. The molecule has 0 aliphatic carbocycles. The van der Waals surface area contributed by atoms with Crippen molar-refractivity contribution in [3.8, 4) is 0 Å². The molecule has 22 heavy (non-hydrogen) atoms. The summed E-state index contributed by atoms with van der Waals surface area (Å²) < 4.78 is 23.1. The summed E-state index contributed by atoms with van der Waals surface area (Å²) in [4.78, 5) is 19.1. The number of aromatic nitrogens is 1. The molecular formula is C15H22N2O3S2. The quantitative estimate of drug-likeness (QED) is 0.772. The summed E-state index contributed by atoms with van der Waals surface area (Å²) in [5, 5.41) is 1.03. The Morgan fingerprint density at radius 3 is 2.68 bits per heavy atom. The predicted octanol–water partition coefficient (Wildman–Crippen LogP) is 2.10.